The topological polar surface area (TPSA) is 79.9 Å². The van der Waals surface area contributed by atoms with E-state index in [9.17, 15) is 0 Å². The van der Waals surface area contributed by atoms with Gasteiger partial charge >= 0.3 is 0 Å². The minimum atomic E-state index is 0.566. The van der Waals surface area contributed by atoms with Crippen molar-refractivity contribution >= 4 is 27.8 Å². The van der Waals surface area contributed by atoms with Crippen LogP contribution in [0.1, 0.15) is 75.5 Å². The number of nitrogens with two attached hydrogens (primary N) is 2. The summed E-state index contributed by atoms with van der Waals surface area (Å²) >= 11 is 0. The first-order chi connectivity index (χ1) is 18.6. The molecule has 38 heavy (non-hydrogen) atoms. The maximum absolute atomic E-state index is 6.58. The lowest BCUT2D eigenvalue weighted by atomic mass is 9.69. The molecular formula is C34H42N4. The maximum atomic E-state index is 6.58. The van der Waals surface area contributed by atoms with Gasteiger partial charge in [-0.2, -0.15) is 0 Å². The normalized spacial score (nSPS) is 23.9. The van der Waals surface area contributed by atoms with E-state index in [0.717, 1.165) is 58.0 Å². The van der Waals surface area contributed by atoms with E-state index in [1.807, 2.05) is 12.1 Å². The van der Waals surface area contributed by atoms with Gasteiger partial charge in [-0.25, -0.2) is 0 Å². The zero-order valence-electron chi connectivity index (χ0n) is 22.7. The summed E-state index contributed by atoms with van der Waals surface area (Å²) in [6.45, 7) is 3.17. The smallest absolute Gasteiger partial charge is 0.0577 e. The van der Waals surface area contributed by atoms with Gasteiger partial charge in [-0.05, 0) is 86.0 Å². The van der Waals surface area contributed by atoms with Crippen LogP contribution in [0.2, 0.25) is 0 Å². The SMILES string of the molecule is CC1CCC(C2CCC(c3[nH]c(-c4ccc(NCc5ccccc5)c(N)c4)c4c(N)cccc34)CC2)CC1. The summed E-state index contributed by atoms with van der Waals surface area (Å²) in [5.74, 6) is 3.37. The van der Waals surface area contributed by atoms with Crippen LogP contribution in [0.25, 0.3) is 22.0 Å². The first-order valence-corrected chi connectivity index (χ1v) is 14.6. The molecular weight excluding hydrogens is 464 g/mol. The van der Waals surface area contributed by atoms with Gasteiger partial charge in [0.15, 0.2) is 0 Å². The Morgan fingerprint density at radius 1 is 0.763 bits per heavy atom. The number of aromatic nitrogens is 1. The molecule has 0 aliphatic heterocycles. The van der Waals surface area contributed by atoms with Crippen molar-refractivity contribution in [2.75, 3.05) is 16.8 Å². The summed E-state index contributed by atoms with van der Waals surface area (Å²) in [6, 6.07) is 23.1. The Morgan fingerprint density at radius 3 is 2.18 bits per heavy atom. The van der Waals surface area contributed by atoms with E-state index in [1.165, 1.54) is 68.0 Å². The van der Waals surface area contributed by atoms with Crippen LogP contribution in [-0.2, 0) is 6.54 Å². The number of hydrogen-bond acceptors (Lipinski definition) is 3. The predicted molar refractivity (Wildman–Crippen MR) is 162 cm³/mol. The molecule has 198 valence electrons. The third kappa shape index (κ3) is 5.01. The molecule has 0 amide bonds. The predicted octanol–water partition coefficient (Wildman–Crippen LogP) is 8.71. The standard InChI is InChI=1S/C34H42N4/c1-22-10-12-24(13-11-22)25-14-16-26(17-15-25)33-28-8-5-9-29(35)32(28)34(38-33)27-18-19-31(30(36)20-27)37-21-23-6-3-2-4-7-23/h2-9,18-20,22,24-26,37-38H,10-17,21,35-36H2,1H3. The van der Waals surface area contributed by atoms with E-state index in [1.54, 1.807) is 0 Å². The number of nitrogen functional groups attached to an aromatic ring is 2. The number of aromatic amines is 1. The molecule has 0 unspecified atom stereocenters. The van der Waals surface area contributed by atoms with Crippen LogP contribution in [0, 0.1) is 17.8 Å². The fourth-order valence-corrected chi connectivity index (χ4v) is 7.19. The molecule has 0 radical (unpaired) electrons. The van der Waals surface area contributed by atoms with Gasteiger partial charge in [-0.3, -0.25) is 0 Å². The summed E-state index contributed by atoms with van der Waals surface area (Å²) in [4.78, 5) is 3.87. The van der Waals surface area contributed by atoms with E-state index in [2.05, 4.69) is 71.8 Å². The third-order valence-electron chi connectivity index (χ3n) is 9.47. The van der Waals surface area contributed by atoms with Crippen molar-refractivity contribution in [1.29, 1.82) is 0 Å². The van der Waals surface area contributed by atoms with Crippen molar-refractivity contribution in [1.82, 2.24) is 4.98 Å². The number of hydrogen-bond donors (Lipinski definition) is 4. The number of fused-ring (bicyclic) bond motifs is 1. The second-order valence-electron chi connectivity index (χ2n) is 12.0. The quantitative estimate of drug-likeness (QED) is 0.197. The third-order valence-corrected chi connectivity index (χ3v) is 9.47. The molecule has 4 aromatic rings. The molecule has 2 fully saturated rings. The highest BCUT2D eigenvalue weighted by atomic mass is 14.9. The summed E-state index contributed by atoms with van der Waals surface area (Å²) in [5.41, 5.74) is 20.4. The van der Waals surface area contributed by atoms with E-state index >= 15 is 0 Å². The number of anilines is 3. The van der Waals surface area contributed by atoms with Gasteiger partial charge in [0.2, 0.25) is 0 Å². The molecule has 1 heterocycles. The largest absolute Gasteiger partial charge is 0.398 e. The van der Waals surface area contributed by atoms with E-state index in [0.29, 0.717) is 5.92 Å². The second-order valence-corrected chi connectivity index (χ2v) is 12.0. The highest BCUT2D eigenvalue weighted by Crippen LogP contribution is 2.46. The van der Waals surface area contributed by atoms with Gasteiger partial charge in [-0.15, -0.1) is 0 Å². The highest BCUT2D eigenvalue weighted by Gasteiger charge is 2.32. The molecule has 2 aliphatic rings. The minimum absolute atomic E-state index is 0.566. The monoisotopic (exact) mass is 506 g/mol. The average Bonchev–Trinajstić information content (AvgIpc) is 3.34. The molecule has 6 N–H and O–H groups in total. The summed E-state index contributed by atoms with van der Waals surface area (Å²) in [6.07, 6.45) is 11.0. The lowest BCUT2D eigenvalue weighted by Gasteiger charge is -2.37. The van der Waals surface area contributed by atoms with Crippen LogP contribution in [0.5, 0.6) is 0 Å². The number of benzene rings is 3. The number of rotatable bonds is 6. The molecule has 0 atom stereocenters. The van der Waals surface area contributed by atoms with Crippen LogP contribution >= 0.6 is 0 Å². The molecule has 6 rings (SSSR count). The Hall–Kier alpha value is -3.40. The zero-order valence-corrected chi connectivity index (χ0v) is 22.7. The molecule has 2 saturated carbocycles. The summed E-state index contributed by atoms with van der Waals surface area (Å²) in [7, 11) is 0. The molecule has 0 spiro atoms. The van der Waals surface area contributed by atoms with Crippen LogP contribution in [-0.4, -0.2) is 4.98 Å². The molecule has 4 nitrogen and oxygen atoms in total. The Kier molecular flexibility index (Phi) is 7.06. The van der Waals surface area contributed by atoms with Gasteiger partial charge in [0.05, 0.1) is 17.1 Å². The Morgan fingerprint density at radius 2 is 1.47 bits per heavy atom. The van der Waals surface area contributed by atoms with E-state index in [-0.39, 0.29) is 0 Å². The van der Waals surface area contributed by atoms with Gasteiger partial charge in [0.1, 0.15) is 0 Å². The van der Waals surface area contributed by atoms with E-state index in [4.69, 9.17) is 11.5 Å². The van der Waals surface area contributed by atoms with Gasteiger partial charge < -0.3 is 21.8 Å². The molecule has 0 bridgehead atoms. The van der Waals surface area contributed by atoms with Gasteiger partial charge in [0, 0.05) is 34.3 Å². The lowest BCUT2D eigenvalue weighted by molar-refractivity contribution is 0.165. The van der Waals surface area contributed by atoms with Crippen molar-refractivity contribution in [2.45, 2.75) is 70.8 Å². The molecule has 4 heteroatoms. The Bertz CT molecular complexity index is 1370. The lowest BCUT2D eigenvalue weighted by Crippen LogP contribution is -2.24. The average molecular weight is 507 g/mol. The van der Waals surface area contributed by atoms with Crippen molar-refractivity contribution in [3.8, 4) is 11.3 Å². The maximum Gasteiger partial charge on any atom is 0.0577 e. The van der Waals surface area contributed by atoms with Crippen molar-refractivity contribution < 1.29 is 0 Å². The second kappa shape index (κ2) is 10.8. The van der Waals surface area contributed by atoms with E-state index < -0.39 is 0 Å². The van der Waals surface area contributed by atoms with Crippen molar-refractivity contribution in [3.63, 3.8) is 0 Å². The van der Waals surface area contributed by atoms with Gasteiger partial charge in [0.25, 0.3) is 0 Å². The zero-order chi connectivity index (χ0) is 26.1. The van der Waals surface area contributed by atoms with Crippen LogP contribution < -0.4 is 16.8 Å². The van der Waals surface area contributed by atoms with Crippen LogP contribution in [0.15, 0.2) is 66.7 Å². The Labute approximate surface area is 227 Å². The van der Waals surface area contributed by atoms with Gasteiger partial charge in [-0.1, -0.05) is 68.3 Å². The van der Waals surface area contributed by atoms with Crippen LogP contribution in [0.3, 0.4) is 0 Å². The fourth-order valence-electron chi connectivity index (χ4n) is 7.19. The molecule has 0 saturated heterocycles. The molecule has 2 aliphatic carbocycles. The van der Waals surface area contributed by atoms with Crippen molar-refractivity contribution in [3.05, 3.63) is 78.0 Å². The van der Waals surface area contributed by atoms with Crippen LogP contribution in [0.4, 0.5) is 17.1 Å². The number of H-pyrrole nitrogens is 1. The van der Waals surface area contributed by atoms with Crippen molar-refractivity contribution in [2.24, 2.45) is 17.8 Å². The molecule has 3 aromatic carbocycles. The molecule has 1 aromatic heterocycles. The summed E-state index contributed by atoms with van der Waals surface area (Å²) < 4.78 is 0. The minimum Gasteiger partial charge on any atom is -0.398 e. The number of nitrogens with one attached hydrogen (secondary N) is 2. The first kappa shape index (κ1) is 24.9. The fraction of sp³-hybridized carbons (Fsp3) is 0.412. The summed E-state index contributed by atoms with van der Waals surface area (Å²) in [5, 5.41) is 5.90. The Balaban J connectivity index is 1.23. The highest BCUT2D eigenvalue weighted by molar-refractivity contribution is 6.05. The first-order valence-electron chi connectivity index (χ1n) is 14.6.